The first kappa shape index (κ1) is 19.1. The van der Waals surface area contributed by atoms with Crippen molar-refractivity contribution >= 4 is 34.6 Å². The number of fused-ring (bicyclic) bond motifs is 3. The second-order valence-corrected chi connectivity index (χ2v) is 10.0. The van der Waals surface area contributed by atoms with E-state index in [0.29, 0.717) is 0 Å². The van der Waals surface area contributed by atoms with E-state index in [1.165, 1.54) is 53.8 Å². The van der Waals surface area contributed by atoms with Crippen LogP contribution in [0.25, 0.3) is 11.0 Å². The fourth-order valence-electron chi connectivity index (χ4n) is 3.19. The monoisotopic (exact) mass is 377 g/mol. The summed E-state index contributed by atoms with van der Waals surface area (Å²) in [6.45, 7) is 9.14. The highest BCUT2D eigenvalue weighted by Crippen LogP contribution is 2.36. The van der Waals surface area contributed by atoms with Gasteiger partial charge in [0.05, 0.1) is 5.39 Å². The number of aryl methyl sites for hydroxylation is 2. The number of aromatic nitrogens is 3. The number of nitrogens with one attached hydrogen (secondary N) is 1. The quantitative estimate of drug-likeness (QED) is 0.342. The van der Waals surface area contributed by atoms with Crippen molar-refractivity contribution in [3.8, 4) is 0 Å². The van der Waals surface area contributed by atoms with Gasteiger partial charge in [0.25, 0.3) is 0 Å². The molecule has 0 atom stereocenters. The summed E-state index contributed by atoms with van der Waals surface area (Å²) in [6.07, 6.45) is 7.37. The molecule has 0 saturated heterocycles. The maximum atomic E-state index is 4.97. The highest BCUT2D eigenvalue weighted by atomic mass is 32.2. The van der Waals surface area contributed by atoms with Crippen molar-refractivity contribution in [2.24, 2.45) is 11.8 Å². The van der Waals surface area contributed by atoms with Crippen LogP contribution in [0, 0.1) is 11.8 Å². The lowest BCUT2D eigenvalue weighted by molar-refractivity contribution is 0.631. The molecule has 1 aliphatic rings. The standard InChI is InChI=1S/C20H31N3S2/c1-13(2)9-11-24-19-17-15-7-5-6-8-16(15)21-18(17)22-20(23-19)25-12-10-14(3)4/h13-14H,5-12H2,1-4H3,(H,21,22,23). The van der Waals surface area contributed by atoms with E-state index in [9.17, 15) is 0 Å². The van der Waals surface area contributed by atoms with E-state index in [4.69, 9.17) is 9.97 Å². The molecule has 3 nitrogen and oxygen atoms in total. The lowest BCUT2D eigenvalue weighted by Gasteiger charge is -2.12. The molecule has 0 aromatic carbocycles. The SMILES string of the molecule is CC(C)CCSc1nc(SCCC(C)C)c2c3c([nH]c2n1)CCCC3. The molecule has 0 saturated carbocycles. The molecule has 0 bridgehead atoms. The fourth-order valence-corrected chi connectivity index (χ4v) is 5.63. The Kier molecular flexibility index (Phi) is 6.73. The van der Waals surface area contributed by atoms with Gasteiger partial charge in [-0.05, 0) is 61.7 Å². The third-order valence-electron chi connectivity index (χ3n) is 4.75. The highest BCUT2D eigenvalue weighted by Gasteiger charge is 2.21. The summed E-state index contributed by atoms with van der Waals surface area (Å²) in [5.74, 6) is 3.71. The number of hydrogen-bond acceptors (Lipinski definition) is 4. The molecule has 0 spiro atoms. The molecule has 138 valence electrons. The van der Waals surface area contributed by atoms with E-state index in [1.54, 1.807) is 0 Å². The largest absolute Gasteiger partial charge is 0.343 e. The van der Waals surface area contributed by atoms with Crippen LogP contribution in [0.1, 0.15) is 64.6 Å². The smallest absolute Gasteiger partial charge is 0.190 e. The van der Waals surface area contributed by atoms with Crippen molar-refractivity contribution in [1.82, 2.24) is 15.0 Å². The van der Waals surface area contributed by atoms with Crippen molar-refractivity contribution in [2.75, 3.05) is 11.5 Å². The molecule has 0 radical (unpaired) electrons. The Morgan fingerprint density at radius 2 is 1.60 bits per heavy atom. The summed E-state index contributed by atoms with van der Waals surface area (Å²) in [4.78, 5) is 13.5. The van der Waals surface area contributed by atoms with E-state index >= 15 is 0 Å². The Balaban J connectivity index is 1.88. The first-order chi connectivity index (χ1) is 12.0. The van der Waals surface area contributed by atoms with Gasteiger partial charge in [0.1, 0.15) is 10.7 Å². The summed E-state index contributed by atoms with van der Waals surface area (Å²) >= 11 is 3.73. The average Bonchev–Trinajstić information content (AvgIpc) is 2.92. The zero-order chi connectivity index (χ0) is 17.8. The van der Waals surface area contributed by atoms with Crippen molar-refractivity contribution < 1.29 is 0 Å². The lowest BCUT2D eigenvalue weighted by Crippen LogP contribution is -2.01. The third-order valence-corrected chi connectivity index (χ3v) is 6.64. The second kappa shape index (κ2) is 8.81. The Morgan fingerprint density at radius 3 is 2.32 bits per heavy atom. The van der Waals surface area contributed by atoms with Gasteiger partial charge in [-0.3, -0.25) is 0 Å². The molecule has 0 amide bonds. The fraction of sp³-hybridized carbons (Fsp3) is 0.700. The first-order valence-corrected chi connectivity index (χ1v) is 11.7. The molecule has 2 aromatic heterocycles. The average molecular weight is 378 g/mol. The second-order valence-electron chi connectivity index (χ2n) is 7.89. The van der Waals surface area contributed by atoms with Crippen molar-refractivity contribution in [3.63, 3.8) is 0 Å². The summed E-state index contributed by atoms with van der Waals surface area (Å²) in [6, 6.07) is 0. The minimum Gasteiger partial charge on any atom is -0.343 e. The van der Waals surface area contributed by atoms with Crippen molar-refractivity contribution in [2.45, 2.75) is 76.4 Å². The maximum absolute atomic E-state index is 4.97. The van der Waals surface area contributed by atoms with Gasteiger partial charge in [0.15, 0.2) is 5.16 Å². The molecule has 5 heteroatoms. The van der Waals surface area contributed by atoms with Gasteiger partial charge < -0.3 is 4.98 Å². The van der Waals surface area contributed by atoms with Gasteiger partial charge >= 0.3 is 0 Å². The van der Waals surface area contributed by atoms with Crippen LogP contribution in [0.15, 0.2) is 10.2 Å². The molecule has 25 heavy (non-hydrogen) atoms. The first-order valence-electron chi connectivity index (χ1n) is 9.71. The van der Waals surface area contributed by atoms with E-state index in [0.717, 1.165) is 40.6 Å². The Hall–Kier alpha value is -0.680. The zero-order valence-electron chi connectivity index (χ0n) is 16.0. The predicted molar refractivity (Wildman–Crippen MR) is 111 cm³/mol. The van der Waals surface area contributed by atoms with E-state index in [2.05, 4.69) is 32.7 Å². The van der Waals surface area contributed by atoms with Crippen LogP contribution in [0.3, 0.4) is 0 Å². The Morgan fingerprint density at radius 1 is 0.920 bits per heavy atom. The molecule has 2 aromatic rings. The van der Waals surface area contributed by atoms with Crippen LogP contribution in [0.4, 0.5) is 0 Å². The van der Waals surface area contributed by atoms with Crippen LogP contribution in [0.2, 0.25) is 0 Å². The molecule has 0 fully saturated rings. The third kappa shape index (κ3) is 4.94. The molecule has 3 rings (SSSR count). The number of hydrogen-bond donors (Lipinski definition) is 1. The van der Waals surface area contributed by atoms with Gasteiger partial charge in [-0.1, -0.05) is 39.5 Å². The predicted octanol–water partition coefficient (Wildman–Crippen LogP) is 6.11. The molecular formula is C20H31N3S2. The molecule has 0 aliphatic heterocycles. The Bertz CT molecular complexity index is 707. The molecule has 2 heterocycles. The van der Waals surface area contributed by atoms with Crippen molar-refractivity contribution in [3.05, 3.63) is 11.3 Å². The molecule has 1 N–H and O–H groups in total. The Labute approximate surface area is 160 Å². The van der Waals surface area contributed by atoms with Crippen LogP contribution in [0.5, 0.6) is 0 Å². The number of H-pyrrole nitrogens is 1. The van der Waals surface area contributed by atoms with Gasteiger partial charge in [0.2, 0.25) is 0 Å². The molecule has 0 unspecified atom stereocenters. The van der Waals surface area contributed by atoms with Crippen LogP contribution < -0.4 is 0 Å². The van der Waals surface area contributed by atoms with Gasteiger partial charge in [-0.2, -0.15) is 0 Å². The number of rotatable bonds is 8. The van der Waals surface area contributed by atoms with Crippen molar-refractivity contribution in [1.29, 1.82) is 0 Å². The van der Waals surface area contributed by atoms with E-state index in [-0.39, 0.29) is 0 Å². The summed E-state index contributed by atoms with van der Waals surface area (Å²) in [5.41, 5.74) is 3.97. The normalized spacial score (nSPS) is 14.6. The number of nitrogens with zero attached hydrogens (tertiary/aromatic N) is 2. The lowest BCUT2D eigenvalue weighted by atomic mass is 9.96. The summed E-state index contributed by atoms with van der Waals surface area (Å²) in [5, 5.41) is 3.47. The number of thioether (sulfide) groups is 2. The van der Waals surface area contributed by atoms with Crippen LogP contribution in [-0.2, 0) is 12.8 Å². The molecular weight excluding hydrogens is 346 g/mol. The highest BCUT2D eigenvalue weighted by molar-refractivity contribution is 8.00. The van der Waals surface area contributed by atoms with Gasteiger partial charge in [0, 0.05) is 11.4 Å². The number of aromatic amines is 1. The zero-order valence-corrected chi connectivity index (χ0v) is 17.7. The summed E-state index contributed by atoms with van der Waals surface area (Å²) < 4.78 is 0. The van der Waals surface area contributed by atoms with Crippen LogP contribution in [-0.4, -0.2) is 26.5 Å². The van der Waals surface area contributed by atoms with Gasteiger partial charge in [-0.15, -0.1) is 11.8 Å². The van der Waals surface area contributed by atoms with Gasteiger partial charge in [-0.25, -0.2) is 9.97 Å². The van der Waals surface area contributed by atoms with Crippen LogP contribution >= 0.6 is 23.5 Å². The molecule has 1 aliphatic carbocycles. The minimum absolute atomic E-state index is 0.730. The summed E-state index contributed by atoms with van der Waals surface area (Å²) in [7, 11) is 0. The minimum atomic E-state index is 0.730. The van der Waals surface area contributed by atoms with E-state index in [1.807, 2.05) is 23.5 Å². The maximum Gasteiger partial charge on any atom is 0.190 e. The topological polar surface area (TPSA) is 41.6 Å². The van der Waals surface area contributed by atoms with E-state index < -0.39 is 0 Å².